The van der Waals surface area contributed by atoms with Crippen molar-refractivity contribution in [1.82, 2.24) is 6.15 Å². The summed E-state index contributed by atoms with van der Waals surface area (Å²) < 4.78 is 63.2. The zero-order chi connectivity index (χ0) is 9.00. The molecule has 0 atom stereocenters. The van der Waals surface area contributed by atoms with Crippen LogP contribution in [0.2, 0.25) is 0 Å². The molecule has 0 heterocycles. The summed E-state index contributed by atoms with van der Waals surface area (Å²) in [7, 11) is -9.33. The predicted molar refractivity (Wildman–Crippen MR) is 43.8 cm³/mol. The fraction of sp³-hybridized carbons (Fsp3) is 0. The smallest absolute Gasteiger partial charge is 0.344 e. The van der Waals surface area contributed by atoms with Gasteiger partial charge in [-0.25, -0.2) is 0 Å². The largest absolute Gasteiger partial charge is 0.394 e. The molecule has 0 aromatic rings. The Morgan fingerprint density at radius 3 is 0.667 bits per heavy atom. The highest BCUT2D eigenvalue weighted by atomic mass is 32.3. The van der Waals surface area contributed by atoms with Crippen LogP contribution in [0.1, 0.15) is 0 Å². The lowest BCUT2D eigenvalue weighted by Gasteiger charge is -1.68. The van der Waals surface area contributed by atoms with Gasteiger partial charge in [0.2, 0.25) is 0 Å². The number of hydrogen-bond acceptors (Lipinski definition) is 5. The van der Waals surface area contributed by atoms with Crippen LogP contribution in [-0.4, -0.2) is 35.0 Å². The van der Waals surface area contributed by atoms with Crippen molar-refractivity contribution in [1.29, 1.82) is 0 Å². The van der Waals surface area contributed by atoms with Gasteiger partial charge < -0.3 is 6.15 Å². The van der Waals surface area contributed by atoms with E-state index in [0.717, 1.165) is 0 Å². The fourth-order valence-corrected chi connectivity index (χ4v) is 0. The van der Waals surface area contributed by atoms with E-state index in [2.05, 4.69) is 0 Å². The molecule has 0 fully saturated rings. The zero-order valence-corrected chi connectivity index (χ0v) is 8.08. The topological polar surface area (TPSA) is 184 Å². The van der Waals surface area contributed by atoms with E-state index in [-0.39, 0.29) is 19.6 Å². The van der Waals surface area contributed by atoms with E-state index in [1.165, 1.54) is 0 Å². The van der Waals surface area contributed by atoms with E-state index in [0.29, 0.717) is 0 Å². The molecule has 0 unspecified atom stereocenters. The molecule has 0 aliphatic heterocycles. The predicted octanol–water partition coefficient (Wildman–Crippen LogP) is -1.03. The van der Waals surface area contributed by atoms with Gasteiger partial charge in [-0.15, -0.1) is 0 Å². The SMILES string of the molecule is N.O=S(=O)(O)O.O=S(=O)(O)O.S. The molecule has 12 heteroatoms. The van der Waals surface area contributed by atoms with Crippen LogP contribution in [0.15, 0.2) is 0 Å². The lowest BCUT2D eigenvalue weighted by Crippen LogP contribution is -1.89. The molecule has 0 aromatic carbocycles. The van der Waals surface area contributed by atoms with Gasteiger partial charge >= 0.3 is 20.8 Å². The lowest BCUT2D eigenvalue weighted by molar-refractivity contribution is 0.378. The Balaban J connectivity index is -0.0000000457. The molecule has 0 aliphatic carbocycles. The monoisotopic (exact) mass is 247 g/mol. The molecule has 0 amide bonds. The van der Waals surface area contributed by atoms with Crippen LogP contribution in [0.5, 0.6) is 0 Å². The van der Waals surface area contributed by atoms with Crippen molar-refractivity contribution in [2.45, 2.75) is 0 Å². The van der Waals surface area contributed by atoms with Gasteiger partial charge in [0.15, 0.2) is 0 Å². The maximum Gasteiger partial charge on any atom is 0.394 e. The Hall–Kier alpha value is 0.0500. The number of rotatable bonds is 0. The van der Waals surface area contributed by atoms with Gasteiger partial charge in [0.25, 0.3) is 0 Å². The Morgan fingerprint density at radius 1 is 0.667 bits per heavy atom. The first-order valence-electron chi connectivity index (χ1n) is 1.40. The molecule has 0 aromatic heterocycles. The van der Waals surface area contributed by atoms with Crippen LogP contribution >= 0.6 is 13.5 Å². The van der Waals surface area contributed by atoms with Crippen molar-refractivity contribution in [3.63, 3.8) is 0 Å². The molecule has 0 saturated heterocycles. The van der Waals surface area contributed by atoms with Crippen molar-refractivity contribution < 1.29 is 35.0 Å². The third kappa shape index (κ3) is 329000. The third-order valence-electron chi connectivity index (χ3n) is 0. The maximum absolute atomic E-state index is 8.74. The molecule has 7 N–H and O–H groups in total. The fourth-order valence-electron chi connectivity index (χ4n) is 0. The molecular weight excluding hydrogens is 238 g/mol. The first kappa shape index (κ1) is 22.7. The molecular formula is H9NO8S3. The second-order valence-electron chi connectivity index (χ2n) is 0.896. The van der Waals surface area contributed by atoms with Crippen LogP contribution < -0.4 is 6.15 Å². The average molecular weight is 247 g/mol. The summed E-state index contributed by atoms with van der Waals surface area (Å²) in [6.45, 7) is 0. The first-order chi connectivity index (χ1) is 4.00. The summed E-state index contributed by atoms with van der Waals surface area (Å²) in [6.07, 6.45) is 0. The second-order valence-corrected chi connectivity index (χ2v) is 2.69. The molecule has 0 radical (unpaired) electrons. The highest BCUT2D eigenvalue weighted by molar-refractivity contribution is 7.80. The van der Waals surface area contributed by atoms with Gasteiger partial charge in [-0.2, -0.15) is 30.3 Å². The van der Waals surface area contributed by atoms with Gasteiger partial charge in [0.1, 0.15) is 0 Å². The maximum atomic E-state index is 8.74. The van der Waals surface area contributed by atoms with Gasteiger partial charge in [-0.1, -0.05) is 0 Å². The van der Waals surface area contributed by atoms with E-state index in [4.69, 9.17) is 35.0 Å². The Bertz CT molecular complexity index is 211. The van der Waals surface area contributed by atoms with Crippen LogP contribution in [-0.2, 0) is 20.8 Å². The van der Waals surface area contributed by atoms with E-state index < -0.39 is 20.8 Å². The minimum atomic E-state index is -4.67. The van der Waals surface area contributed by atoms with Crippen LogP contribution in [0.3, 0.4) is 0 Å². The summed E-state index contributed by atoms with van der Waals surface area (Å²) >= 11 is 0. The van der Waals surface area contributed by atoms with Gasteiger partial charge in [-0.05, 0) is 0 Å². The summed E-state index contributed by atoms with van der Waals surface area (Å²) in [4.78, 5) is 0. The summed E-state index contributed by atoms with van der Waals surface area (Å²) in [5.74, 6) is 0. The highest BCUT2D eigenvalue weighted by Gasteiger charge is 1.85. The van der Waals surface area contributed by atoms with E-state index in [9.17, 15) is 0 Å². The van der Waals surface area contributed by atoms with E-state index >= 15 is 0 Å². The number of hydrogen-bond donors (Lipinski definition) is 5. The van der Waals surface area contributed by atoms with Crippen molar-refractivity contribution in [2.75, 3.05) is 0 Å². The minimum Gasteiger partial charge on any atom is -0.344 e. The second kappa shape index (κ2) is 7.69. The molecule has 12 heavy (non-hydrogen) atoms. The lowest BCUT2D eigenvalue weighted by atomic mass is 14.0. The van der Waals surface area contributed by atoms with Crippen molar-refractivity contribution >= 4 is 34.3 Å². The van der Waals surface area contributed by atoms with Crippen molar-refractivity contribution in [2.24, 2.45) is 0 Å². The molecule has 0 bridgehead atoms. The normalized spacial score (nSPS) is 9.67. The van der Waals surface area contributed by atoms with Crippen LogP contribution in [0, 0.1) is 0 Å². The Morgan fingerprint density at radius 2 is 0.667 bits per heavy atom. The van der Waals surface area contributed by atoms with E-state index in [1.807, 2.05) is 0 Å². The third-order valence-corrected chi connectivity index (χ3v) is 0. The van der Waals surface area contributed by atoms with Crippen molar-refractivity contribution in [3.8, 4) is 0 Å². The minimum absolute atomic E-state index is 0. The first-order valence-corrected chi connectivity index (χ1v) is 4.19. The quantitative estimate of drug-likeness (QED) is 0.333. The summed E-state index contributed by atoms with van der Waals surface area (Å²) in [5, 5.41) is 0. The standard InChI is InChI=1S/H3N.2H2O4S.H2S/c;2*1-5(2,3)4;/h1H3;2*(H2,1,2,3,4);1H2. The zero-order valence-electron chi connectivity index (χ0n) is 5.45. The average Bonchev–Trinajstić information content (AvgIpc) is 1.12. The molecule has 0 saturated carbocycles. The van der Waals surface area contributed by atoms with Gasteiger partial charge in [0.05, 0.1) is 0 Å². The van der Waals surface area contributed by atoms with Gasteiger partial charge in [0, 0.05) is 0 Å². The molecule has 80 valence electrons. The summed E-state index contributed by atoms with van der Waals surface area (Å²) in [5.41, 5.74) is 0. The Kier molecular flexibility index (Phi) is 14.5. The van der Waals surface area contributed by atoms with E-state index in [1.54, 1.807) is 0 Å². The molecule has 0 spiro atoms. The molecule has 9 nitrogen and oxygen atoms in total. The molecule has 0 aliphatic rings. The summed E-state index contributed by atoms with van der Waals surface area (Å²) in [6, 6.07) is 0. The van der Waals surface area contributed by atoms with Crippen molar-refractivity contribution in [3.05, 3.63) is 0 Å². The van der Waals surface area contributed by atoms with Crippen LogP contribution in [0.4, 0.5) is 0 Å². The van der Waals surface area contributed by atoms with Gasteiger partial charge in [-0.3, -0.25) is 18.2 Å². The highest BCUT2D eigenvalue weighted by Crippen LogP contribution is 1.59. The van der Waals surface area contributed by atoms with Crippen LogP contribution in [0.25, 0.3) is 0 Å². The Labute approximate surface area is 76.0 Å². The molecule has 0 rings (SSSR count).